The fourth-order valence-corrected chi connectivity index (χ4v) is 3.20. The van der Waals surface area contributed by atoms with E-state index in [1.54, 1.807) is 0 Å². The molecule has 0 aliphatic heterocycles. The minimum absolute atomic E-state index is 0.0523. The lowest BCUT2D eigenvalue weighted by atomic mass is 10.1. The Hall–Kier alpha value is -1.92. The summed E-state index contributed by atoms with van der Waals surface area (Å²) in [5, 5.41) is 10.1. The van der Waals surface area contributed by atoms with Crippen molar-refractivity contribution in [3.8, 4) is 10.8 Å². The monoisotopic (exact) mass is 316 g/mol. The molecule has 1 unspecified atom stereocenters. The molecular weight excluding hydrogens is 304 g/mol. The van der Waals surface area contributed by atoms with Gasteiger partial charge in [-0.25, -0.2) is 0 Å². The summed E-state index contributed by atoms with van der Waals surface area (Å²) in [4.78, 5) is 13.2. The van der Waals surface area contributed by atoms with Crippen LogP contribution < -0.4 is 0 Å². The summed E-state index contributed by atoms with van der Waals surface area (Å²) < 4.78 is 5.58. The third-order valence-corrected chi connectivity index (χ3v) is 4.64. The Bertz CT molecular complexity index is 723. The van der Waals surface area contributed by atoms with Crippen LogP contribution in [-0.2, 0) is 0 Å². The van der Waals surface area contributed by atoms with E-state index in [2.05, 4.69) is 10.2 Å². The first-order valence-corrected chi connectivity index (χ1v) is 8.13. The molecule has 0 radical (unpaired) electrons. The number of aromatic nitrogens is 2. The lowest BCUT2D eigenvalue weighted by Gasteiger charge is -2.06. The number of carbonyl (C=O) groups excluding carboxylic acids is 1. The van der Waals surface area contributed by atoms with Crippen LogP contribution in [0.4, 0.5) is 0 Å². The minimum atomic E-state index is -0.274. The fourth-order valence-electron chi connectivity index (χ4n) is 1.80. The molecule has 0 spiro atoms. The average molecular weight is 316 g/mol. The summed E-state index contributed by atoms with van der Waals surface area (Å²) in [6.45, 7) is 1.84. The highest BCUT2D eigenvalue weighted by molar-refractivity contribution is 8.00. The molecule has 106 valence electrons. The summed E-state index contributed by atoms with van der Waals surface area (Å²) in [7, 11) is 0. The molecule has 0 bridgehead atoms. The van der Waals surface area contributed by atoms with Crippen LogP contribution >= 0.6 is 23.1 Å². The molecule has 0 amide bonds. The third-order valence-electron chi connectivity index (χ3n) is 2.84. The van der Waals surface area contributed by atoms with Gasteiger partial charge in [-0.05, 0) is 18.4 Å². The van der Waals surface area contributed by atoms with Crippen LogP contribution in [0.2, 0.25) is 0 Å². The van der Waals surface area contributed by atoms with Crippen molar-refractivity contribution in [3.63, 3.8) is 0 Å². The number of ketones is 1. The number of thioether (sulfide) groups is 1. The molecule has 2 aromatic heterocycles. The van der Waals surface area contributed by atoms with Gasteiger partial charge < -0.3 is 4.42 Å². The van der Waals surface area contributed by atoms with E-state index < -0.39 is 0 Å². The van der Waals surface area contributed by atoms with Gasteiger partial charge in [0.15, 0.2) is 5.78 Å². The highest BCUT2D eigenvalue weighted by Crippen LogP contribution is 2.29. The molecule has 6 heteroatoms. The van der Waals surface area contributed by atoms with Gasteiger partial charge >= 0.3 is 0 Å². The van der Waals surface area contributed by atoms with Crippen molar-refractivity contribution < 1.29 is 9.21 Å². The maximum atomic E-state index is 12.3. The molecule has 0 saturated carbocycles. The second kappa shape index (κ2) is 6.24. The molecule has 2 heterocycles. The lowest BCUT2D eigenvalue weighted by Crippen LogP contribution is -2.13. The third kappa shape index (κ3) is 3.22. The van der Waals surface area contributed by atoms with Crippen LogP contribution in [0, 0.1) is 0 Å². The van der Waals surface area contributed by atoms with E-state index in [9.17, 15) is 4.79 Å². The summed E-state index contributed by atoms with van der Waals surface area (Å²) in [5.41, 5.74) is 0.690. The molecular formula is C15H12N2O2S2. The molecule has 1 atom stereocenters. The van der Waals surface area contributed by atoms with E-state index in [1.807, 2.05) is 54.8 Å². The predicted molar refractivity (Wildman–Crippen MR) is 83.7 cm³/mol. The van der Waals surface area contributed by atoms with Crippen LogP contribution in [0.3, 0.4) is 0 Å². The SMILES string of the molecule is CC(Sc1nnc(-c2cccs2)o1)C(=O)c1ccccc1. The number of rotatable bonds is 5. The molecule has 1 aromatic carbocycles. The first-order chi connectivity index (χ1) is 10.2. The highest BCUT2D eigenvalue weighted by atomic mass is 32.2. The average Bonchev–Trinajstić information content (AvgIpc) is 3.18. The summed E-state index contributed by atoms with van der Waals surface area (Å²) in [6.07, 6.45) is 0. The van der Waals surface area contributed by atoms with Crippen LogP contribution in [0.1, 0.15) is 17.3 Å². The van der Waals surface area contributed by atoms with Gasteiger partial charge in [0, 0.05) is 5.56 Å². The molecule has 0 aliphatic carbocycles. The Labute approximate surface area is 130 Å². The fraction of sp³-hybridized carbons (Fsp3) is 0.133. The van der Waals surface area contributed by atoms with Crippen molar-refractivity contribution >= 4 is 28.9 Å². The van der Waals surface area contributed by atoms with Crippen molar-refractivity contribution in [2.24, 2.45) is 0 Å². The van der Waals surface area contributed by atoms with Gasteiger partial charge in [-0.3, -0.25) is 4.79 Å². The van der Waals surface area contributed by atoms with Gasteiger partial charge in [0.2, 0.25) is 0 Å². The predicted octanol–water partition coefficient (Wildman–Crippen LogP) is 4.16. The van der Waals surface area contributed by atoms with Crippen molar-refractivity contribution in [2.45, 2.75) is 17.4 Å². The van der Waals surface area contributed by atoms with E-state index >= 15 is 0 Å². The maximum absolute atomic E-state index is 12.3. The molecule has 0 N–H and O–H groups in total. The van der Waals surface area contributed by atoms with Crippen molar-refractivity contribution in [3.05, 3.63) is 53.4 Å². The largest absolute Gasteiger partial charge is 0.410 e. The second-order valence-corrected chi connectivity index (χ2v) is 6.58. The van der Waals surface area contributed by atoms with Crippen molar-refractivity contribution in [1.82, 2.24) is 10.2 Å². The number of Topliss-reactive ketones (excluding diaryl/α,β-unsaturated/α-hetero) is 1. The van der Waals surface area contributed by atoms with Crippen molar-refractivity contribution in [1.29, 1.82) is 0 Å². The van der Waals surface area contributed by atoms with E-state index in [0.717, 1.165) is 4.88 Å². The van der Waals surface area contributed by atoms with Gasteiger partial charge in [0.25, 0.3) is 11.1 Å². The van der Waals surface area contributed by atoms with Crippen LogP contribution in [0.25, 0.3) is 10.8 Å². The molecule has 0 fully saturated rings. The number of nitrogens with zero attached hydrogens (tertiary/aromatic N) is 2. The molecule has 0 aliphatic rings. The van der Waals surface area contributed by atoms with Gasteiger partial charge in [-0.15, -0.1) is 21.5 Å². The number of hydrogen-bond donors (Lipinski definition) is 0. The topological polar surface area (TPSA) is 56.0 Å². The van der Waals surface area contributed by atoms with Crippen LogP contribution in [0.5, 0.6) is 0 Å². The second-order valence-electron chi connectivity index (χ2n) is 4.34. The molecule has 21 heavy (non-hydrogen) atoms. The standard InChI is InChI=1S/C15H12N2O2S2/c1-10(13(18)11-6-3-2-4-7-11)21-15-17-16-14(19-15)12-8-5-9-20-12/h2-10H,1H3. The zero-order chi connectivity index (χ0) is 14.7. The normalized spacial score (nSPS) is 12.2. The quantitative estimate of drug-likeness (QED) is 0.522. The zero-order valence-corrected chi connectivity index (χ0v) is 12.9. The number of carbonyl (C=O) groups is 1. The highest BCUT2D eigenvalue weighted by Gasteiger charge is 2.20. The smallest absolute Gasteiger partial charge is 0.277 e. The van der Waals surface area contributed by atoms with E-state index in [-0.39, 0.29) is 11.0 Å². The molecule has 3 rings (SSSR count). The number of benzene rings is 1. The first kappa shape index (κ1) is 14.0. The van der Waals surface area contributed by atoms with E-state index in [1.165, 1.54) is 23.1 Å². The van der Waals surface area contributed by atoms with E-state index in [4.69, 9.17) is 4.42 Å². The summed E-state index contributed by atoms with van der Waals surface area (Å²) >= 11 is 2.82. The van der Waals surface area contributed by atoms with Gasteiger partial charge in [0.05, 0.1) is 10.1 Å². The van der Waals surface area contributed by atoms with E-state index in [0.29, 0.717) is 16.7 Å². The van der Waals surface area contributed by atoms with Gasteiger partial charge in [-0.2, -0.15) is 0 Å². The maximum Gasteiger partial charge on any atom is 0.277 e. The van der Waals surface area contributed by atoms with Crippen molar-refractivity contribution in [2.75, 3.05) is 0 Å². The summed E-state index contributed by atoms with van der Waals surface area (Å²) in [5.74, 6) is 0.545. The Morgan fingerprint density at radius 3 is 2.71 bits per heavy atom. The van der Waals surface area contributed by atoms with Crippen LogP contribution in [0.15, 0.2) is 57.5 Å². The molecule has 4 nitrogen and oxygen atoms in total. The van der Waals surface area contributed by atoms with Gasteiger partial charge in [-0.1, -0.05) is 48.2 Å². The Balaban J connectivity index is 1.71. The number of thiophene rings is 1. The van der Waals surface area contributed by atoms with Gasteiger partial charge in [0.1, 0.15) is 0 Å². The molecule has 3 aromatic rings. The Morgan fingerprint density at radius 2 is 2.00 bits per heavy atom. The Kier molecular flexibility index (Phi) is 4.17. The van der Waals surface area contributed by atoms with Crippen LogP contribution in [-0.4, -0.2) is 21.2 Å². The summed E-state index contributed by atoms with van der Waals surface area (Å²) in [6, 6.07) is 13.1. The first-order valence-electron chi connectivity index (χ1n) is 6.37. The number of hydrogen-bond acceptors (Lipinski definition) is 6. The minimum Gasteiger partial charge on any atom is -0.410 e. The Morgan fingerprint density at radius 1 is 1.19 bits per heavy atom. The molecule has 0 saturated heterocycles. The zero-order valence-electron chi connectivity index (χ0n) is 11.2. The lowest BCUT2D eigenvalue weighted by molar-refractivity contribution is 0.0993.